The third kappa shape index (κ3) is 1.98. The third-order valence-electron chi connectivity index (χ3n) is 1.47. The van der Waals surface area contributed by atoms with Crippen molar-refractivity contribution in [2.24, 2.45) is 0 Å². The smallest absolute Gasteiger partial charge is 0.171 e. The molecule has 12 heavy (non-hydrogen) atoms. The first-order chi connectivity index (χ1) is 5.79. The van der Waals surface area contributed by atoms with E-state index in [1.165, 1.54) is 0 Å². The Labute approximate surface area is 79.6 Å². The van der Waals surface area contributed by atoms with Gasteiger partial charge >= 0.3 is 0 Å². The first-order valence-corrected chi connectivity index (χ1v) is 4.33. The first-order valence-electron chi connectivity index (χ1n) is 3.53. The van der Waals surface area contributed by atoms with E-state index in [1.807, 2.05) is 0 Å². The number of hydrogen-bond acceptors (Lipinski definition) is 3. The van der Waals surface area contributed by atoms with Gasteiger partial charge in [-0.2, -0.15) is 5.10 Å². The van der Waals surface area contributed by atoms with Crippen LogP contribution < -0.4 is 4.74 Å². The Balaban J connectivity index is 2.66. The molecule has 0 bridgehead atoms. The topological polar surface area (TPSA) is 36.3 Å². The summed E-state index contributed by atoms with van der Waals surface area (Å²) in [7, 11) is 3.27. The zero-order chi connectivity index (χ0) is 8.97. The average molecular weight is 235 g/mol. The molecule has 1 heterocycles. The van der Waals surface area contributed by atoms with E-state index >= 15 is 0 Å². The highest BCUT2D eigenvalue weighted by Crippen LogP contribution is 2.23. The molecule has 1 aromatic rings. The van der Waals surface area contributed by atoms with Gasteiger partial charge in [0.2, 0.25) is 0 Å². The Hall–Kier alpha value is -0.550. The minimum Gasteiger partial charge on any atom is -0.492 e. The van der Waals surface area contributed by atoms with E-state index in [1.54, 1.807) is 25.1 Å². The number of aromatic nitrogens is 2. The monoisotopic (exact) mass is 234 g/mol. The molecule has 5 heteroatoms. The SMILES string of the molecule is COCCn1ncc(OC)c1Br. The molecule has 0 aliphatic rings. The highest BCUT2D eigenvalue weighted by atomic mass is 79.9. The zero-order valence-electron chi connectivity index (χ0n) is 7.08. The lowest BCUT2D eigenvalue weighted by Crippen LogP contribution is -2.05. The quantitative estimate of drug-likeness (QED) is 0.789. The maximum atomic E-state index is 5.03. The summed E-state index contributed by atoms with van der Waals surface area (Å²) in [6.07, 6.45) is 1.67. The summed E-state index contributed by atoms with van der Waals surface area (Å²) >= 11 is 3.36. The second-order valence-electron chi connectivity index (χ2n) is 2.22. The van der Waals surface area contributed by atoms with E-state index < -0.39 is 0 Å². The van der Waals surface area contributed by atoms with Crippen molar-refractivity contribution in [1.82, 2.24) is 9.78 Å². The Morgan fingerprint density at radius 1 is 1.58 bits per heavy atom. The van der Waals surface area contributed by atoms with Gasteiger partial charge in [0, 0.05) is 7.11 Å². The van der Waals surface area contributed by atoms with Crippen LogP contribution in [0.25, 0.3) is 0 Å². The molecule has 0 atom stereocenters. The van der Waals surface area contributed by atoms with Crippen LogP contribution >= 0.6 is 15.9 Å². The van der Waals surface area contributed by atoms with Gasteiger partial charge in [0.25, 0.3) is 0 Å². The molecule has 0 aliphatic heterocycles. The molecule has 1 aromatic heterocycles. The Morgan fingerprint density at radius 2 is 2.33 bits per heavy atom. The lowest BCUT2D eigenvalue weighted by atomic mass is 10.6. The molecule has 0 saturated carbocycles. The second kappa shape index (κ2) is 4.47. The fourth-order valence-electron chi connectivity index (χ4n) is 0.824. The van der Waals surface area contributed by atoms with Gasteiger partial charge in [-0.3, -0.25) is 4.68 Å². The minimum atomic E-state index is 0.642. The van der Waals surface area contributed by atoms with Gasteiger partial charge in [-0.1, -0.05) is 0 Å². The molecular formula is C7H11BrN2O2. The van der Waals surface area contributed by atoms with Crippen molar-refractivity contribution in [3.63, 3.8) is 0 Å². The summed E-state index contributed by atoms with van der Waals surface area (Å²) in [4.78, 5) is 0. The molecule has 0 radical (unpaired) electrons. The van der Waals surface area contributed by atoms with Crippen LogP contribution in [0, 0.1) is 0 Å². The molecule has 0 saturated heterocycles. The van der Waals surface area contributed by atoms with Gasteiger partial charge in [0.1, 0.15) is 4.60 Å². The summed E-state index contributed by atoms with van der Waals surface area (Å²) in [6, 6.07) is 0. The number of methoxy groups -OCH3 is 2. The molecule has 0 amide bonds. The van der Waals surface area contributed by atoms with E-state index in [0.717, 1.165) is 16.9 Å². The summed E-state index contributed by atoms with van der Waals surface area (Å²) in [5.74, 6) is 0.742. The zero-order valence-corrected chi connectivity index (χ0v) is 8.67. The van der Waals surface area contributed by atoms with Crippen molar-refractivity contribution >= 4 is 15.9 Å². The van der Waals surface area contributed by atoms with Gasteiger partial charge in [-0.05, 0) is 15.9 Å². The Bertz CT molecular complexity index is 250. The van der Waals surface area contributed by atoms with Crippen LogP contribution in [0.15, 0.2) is 10.8 Å². The number of hydrogen-bond donors (Lipinski definition) is 0. The van der Waals surface area contributed by atoms with E-state index in [-0.39, 0.29) is 0 Å². The number of nitrogens with zero attached hydrogens (tertiary/aromatic N) is 2. The maximum Gasteiger partial charge on any atom is 0.171 e. The number of ether oxygens (including phenoxy) is 2. The van der Waals surface area contributed by atoms with Crippen molar-refractivity contribution in [3.05, 3.63) is 10.8 Å². The van der Waals surface area contributed by atoms with Crippen LogP contribution in [-0.2, 0) is 11.3 Å². The Kier molecular flexibility index (Phi) is 3.55. The highest BCUT2D eigenvalue weighted by molar-refractivity contribution is 9.10. The highest BCUT2D eigenvalue weighted by Gasteiger charge is 2.06. The van der Waals surface area contributed by atoms with Crippen molar-refractivity contribution in [3.8, 4) is 5.75 Å². The lowest BCUT2D eigenvalue weighted by Gasteiger charge is -2.01. The van der Waals surface area contributed by atoms with Crippen LogP contribution in [0.1, 0.15) is 0 Å². The van der Waals surface area contributed by atoms with Gasteiger partial charge in [-0.15, -0.1) is 0 Å². The van der Waals surface area contributed by atoms with Crippen LogP contribution in [-0.4, -0.2) is 30.6 Å². The second-order valence-corrected chi connectivity index (χ2v) is 2.97. The van der Waals surface area contributed by atoms with Gasteiger partial charge in [0.05, 0.1) is 26.5 Å². The number of rotatable bonds is 4. The van der Waals surface area contributed by atoms with Crippen LogP contribution in [0.3, 0.4) is 0 Å². The van der Waals surface area contributed by atoms with Crippen molar-refractivity contribution in [2.45, 2.75) is 6.54 Å². The summed E-state index contributed by atoms with van der Waals surface area (Å²) < 4.78 is 12.6. The maximum absolute atomic E-state index is 5.03. The number of halogens is 1. The van der Waals surface area contributed by atoms with Gasteiger partial charge < -0.3 is 9.47 Å². The van der Waals surface area contributed by atoms with E-state index in [0.29, 0.717) is 6.61 Å². The molecular weight excluding hydrogens is 224 g/mol. The van der Waals surface area contributed by atoms with Crippen molar-refractivity contribution in [2.75, 3.05) is 20.8 Å². The van der Waals surface area contributed by atoms with Gasteiger partial charge in [0.15, 0.2) is 5.75 Å². The predicted octanol–water partition coefficient (Wildman–Crippen LogP) is 1.30. The van der Waals surface area contributed by atoms with E-state index in [9.17, 15) is 0 Å². The normalized spacial score (nSPS) is 10.2. The lowest BCUT2D eigenvalue weighted by molar-refractivity contribution is 0.182. The third-order valence-corrected chi connectivity index (χ3v) is 2.27. The molecule has 0 spiro atoms. The van der Waals surface area contributed by atoms with E-state index in [4.69, 9.17) is 9.47 Å². The van der Waals surface area contributed by atoms with Crippen molar-refractivity contribution < 1.29 is 9.47 Å². The molecule has 0 aromatic carbocycles. The van der Waals surface area contributed by atoms with Gasteiger partial charge in [-0.25, -0.2) is 0 Å². The first kappa shape index (κ1) is 9.54. The summed E-state index contributed by atoms with van der Waals surface area (Å²) in [5.41, 5.74) is 0. The summed E-state index contributed by atoms with van der Waals surface area (Å²) in [6.45, 7) is 1.36. The molecule has 0 fully saturated rings. The van der Waals surface area contributed by atoms with Crippen LogP contribution in [0.4, 0.5) is 0 Å². The van der Waals surface area contributed by atoms with Crippen molar-refractivity contribution in [1.29, 1.82) is 0 Å². The van der Waals surface area contributed by atoms with Crippen LogP contribution in [0.2, 0.25) is 0 Å². The minimum absolute atomic E-state index is 0.642. The molecule has 0 unspecified atom stereocenters. The van der Waals surface area contributed by atoms with E-state index in [2.05, 4.69) is 21.0 Å². The average Bonchev–Trinajstić information content (AvgIpc) is 2.43. The summed E-state index contributed by atoms with van der Waals surface area (Å²) in [5, 5.41) is 4.09. The Morgan fingerprint density at radius 3 is 2.83 bits per heavy atom. The fraction of sp³-hybridized carbons (Fsp3) is 0.571. The predicted molar refractivity (Wildman–Crippen MR) is 48.4 cm³/mol. The molecule has 1 rings (SSSR count). The molecule has 4 nitrogen and oxygen atoms in total. The van der Waals surface area contributed by atoms with Crippen LogP contribution in [0.5, 0.6) is 5.75 Å². The molecule has 68 valence electrons. The molecule has 0 aliphatic carbocycles. The largest absolute Gasteiger partial charge is 0.492 e. The molecule has 0 N–H and O–H groups in total. The fourth-order valence-corrected chi connectivity index (χ4v) is 1.36. The standard InChI is InChI=1S/C7H11BrN2O2/c1-11-4-3-10-7(8)6(12-2)5-9-10/h5H,3-4H2,1-2H3.